The molecule has 2 aliphatic rings. The molecule has 2 bridgehead atoms. The summed E-state index contributed by atoms with van der Waals surface area (Å²) in [5.74, 6) is -1.76. The second-order valence-electron chi connectivity index (χ2n) is 7.79. The number of benzene rings is 2. The van der Waals surface area contributed by atoms with Gasteiger partial charge in [0, 0.05) is 12.5 Å². The standard InChI is InChI=1S/C24H25NO3/c26-23(21-18-11-12-19(15-18)22(21)24(27)28)25-14-13-20(16-7-3-1-4-8-16)17-9-5-2-6-10-17/h1-12,18-22H,13-15H2,(H,25,26)(H,27,28)/t18-,19-,21-,22+/m0/s1. The van der Waals surface area contributed by atoms with Crippen molar-refractivity contribution in [2.45, 2.75) is 18.8 Å². The second kappa shape index (κ2) is 8.01. The summed E-state index contributed by atoms with van der Waals surface area (Å²) in [5.41, 5.74) is 2.43. The summed E-state index contributed by atoms with van der Waals surface area (Å²) in [6, 6.07) is 20.6. The summed E-state index contributed by atoms with van der Waals surface area (Å²) in [6.07, 6.45) is 5.54. The predicted molar refractivity (Wildman–Crippen MR) is 108 cm³/mol. The van der Waals surface area contributed by atoms with Gasteiger partial charge in [0.05, 0.1) is 11.8 Å². The molecule has 0 saturated heterocycles. The van der Waals surface area contributed by atoms with Gasteiger partial charge in [-0.1, -0.05) is 72.8 Å². The van der Waals surface area contributed by atoms with Crippen LogP contribution in [-0.2, 0) is 9.59 Å². The third-order valence-corrected chi connectivity index (χ3v) is 6.18. The molecule has 144 valence electrons. The van der Waals surface area contributed by atoms with Crippen molar-refractivity contribution < 1.29 is 14.7 Å². The van der Waals surface area contributed by atoms with E-state index in [1.54, 1.807) is 0 Å². The van der Waals surface area contributed by atoms with Crippen LogP contribution in [0.1, 0.15) is 29.9 Å². The fraction of sp³-hybridized carbons (Fsp3) is 0.333. The molecule has 4 heteroatoms. The highest BCUT2D eigenvalue weighted by atomic mass is 16.4. The largest absolute Gasteiger partial charge is 0.481 e. The van der Waals surface area contributed by atoms with Crippen LogP contribution in [0.15, 0.2) is 72.8 Å². The second-order valence-corrected chi connectivity index (χ2v) is 7.79. The first-order valence-corrected chi connectivity index (χ1v) is 9.94. The van der Waals surface area contributed by atoms with Gasteiger partial charge in [-0.15, -0.1) is 0 Å². The number of rotatable bonds is 7. The lowest BCUT2D eigenvalue weighted by Crippen LogP contribution is -2.40. The Hall–Kier alpha value is -2.88. The molecule has 0 aliphatic heterocycles. The van der Waals surface area contributed by atoms with Crippen LogP contribution in [0.25, 0.3) is 0 Å². The van der Waals surface area contributed by atoms with Gasteiger partial charge in [0.15, 0.2) is 0 Å². The molecule has 28 heavy (non-hydrogen) atoms. The summed E-state index contributed by atoms with van der Waals surface area (Å²) >= 11 is 0. The molecule has 0 radical (unpaired) electrons. The average Bonchev–Trinajstić information content (AvgIpc) is 3.34. The molecule has 0 unspecified atom stereocenters. The van der Waals surface area contributed by atoms with Crippen molar-refractivity contribution in [3.8, 4) is 0 Å². The van der Waals surface area contributed by atoms with Gasteiger partial charge in [-0.05, 0) is 35.8 Å². The lowest BCUT2D eigenvalue weighted by molar-refractivity contribution is -0.147. The number of hydrogen-bond donors (Lipinski definition) is 2. The third kappa shape index (κ3) is 3.59. The highest BCUT2D eigenvalue weighted by molar-refractivity contribution is 5.86. The Kier molecular flexibility index (Phi) is 5.29. The quantitative estimate of drug-likeness (QED) is 0.723. The minimum atomic E-state index is -0.858. The van der Waals surface area contributed by atoms with E-state index >= 15 is 0 Å². The van der Waals surface area contributed by atoms with Gasteiger partial charge in [-0.3, -0.25) is 9.59 Å². The zero-order valence-electron chi connectivity index (χ0n) is 15.7. The smallest absolute Gasteiger partial charge is 0.307 e. The van der Waals surface area contributed by atoms with Gasteiger partial charge in [0.25, 0.3) is 0 Å². The van der Waals surface area contributed by atoms with Crippen LogP contribution < -0.4 is 5.32 Å². The lowest BCUT2D eigenvalue weighted by Gasteiger charge is -2.24. The molecule has 0 aromatic heterocycles. The Morgan fingerprint density at radius 2 is 1.43 bits per heavy atom. The summed E-state index contributed by atoms with van der Waals surface area (Å²) in [7, 11) is 0. The maximum absolute atomic E-state index is 12.8. The van der Waals surface area contributed by atoms with E-state index in [1.807, 2.05) is 48.6 Å². The summed E-state index contributed by atoms with van der Waals surface area (Å²) in [5, 5.41) is 12.6. The Bertz CT molecular complexity index is 822. The number of carbonyl (C=O) groups excluding carboxylic acids is 1. The van der Waals surface area contributed by atoms with Crippen LogP contribution in [-0.4, -0.2) is 23.5 Å². The molecule has 2 aromatic carbocycles. The number of amides is 1. The van der Waals surface area contributed by atoms with E-state index in [1.165, 1.54) is 11.1 Å². The van der Waals surface area contributed by atoms with E-state index in [-0.39, 0.29) is 23.7 Å². The maximum atomic E-state index is 12.8. The van der Waals surface area contributed by atoms with Crippen molar-refractivity contribution in [1.82, 2.24) is 5.32 Å². The van der Waals surface area contributed by atoms with Gasteiger partial charge in [-0.25, -0.2) is 0 Å². The fourth-order valence-corrected chi connectivity index (χ4v) is 4.87. The first-order valence-electron chi connectivity index (χ1n) is 9.94. The van der Waals surface area contributed by atoms with Gasteiger partial charge < -0.3 is 10.4 Å². The first kappa shape index (κ1) is 18.5. The topological polar surface area (TPSA) is 66.4 Å². The van der Waals surface area contributed by atoms with E-state index in [2.05, 4.69) is 29.6 Å². The maximum Gasteiger partial charge on any atom is 0.307 e. The summed E-state index contributed by atoms with van der Waals surface area (Å²) < 4.78 is 0. The van der Waals surface area contributed by atoms with Crippen molar-refractivity contribution in [2.24, 2.45) is 23.7 Å². The normalized spacial score (nSPS) is 25.2. The molecule has 0 heterocycles. The number of nitrogens with one attached hydrogen (secondary N) is 1. The van der Waals surface area contributed by atoms with Crippen LogP contribution in [0.2, 0.25) is 0 Å². The minimum absolute atomic E-state index is 0.000337. The zero-order chi connectivity index (χ0) is 19.5. The third-order valence-electron chi connectivity index (χ3n) is 6.18. The number of allylic oxidation sites excluding steroid dienone is 2. The number of carboxylic acids is 1. The monoisotopic (exact) mass is 375 g/mol. The van der Waals surface area contributed by atoms with E-state index in [9.17, 15) is 14.7 Å². The Morgan fingerprint density at radius 3 is 1.96 bits per heavy atom. The molecule has 4 nitrogen and oxygen atoms in total. The van der Waals surface area contributed by atoms with E-state index in [0.29, 0.717) is 6.54 Å². The Morgan fingerprint density at radius 1 is 0.893 bits per heavy atom. The average molecular weight is 375 g/mol. The van der Waals surface area contributed by atoms with E-state index in [0.717, 1.165) is 12.8 Å². The molecule has 2 aromatic rings. The van der Waals surface area contributed by atoms with Crippen molar-refractivity contribution in [1.29, 1.82) is 0 Å². The molecule has 0 spiro atoms. The van der Waals surface area contributed by atoms with Gasteiger partial charge in [0.2, 0.25) is 5.91 Å². The highest BCUT2D eigenvalue weighted by Crippen LogP contribution is 2.48. The number of fused-ring (bicyclic) bond motifs is 2. The first-order chi connectivity index (χ1) is 13.6. The number of carbonyl (C=O) groups is 2. The SMILES string of the molecule is O=C(NCCC(c1ccccc1)c1ccccc1)[C@@H]1[C@H](C(=O)O)[C@H]2C=C[C@H]1C2. The van der Waals surface area contributed by atoms with Crippen LogP contribution >= 0.6 is 0 Å². The lowest BCUT2D eigenvalue weighted by atomic mass is 9.82. The van der Waals surface area contributed by atoms with Crippen molar-refractivity contribution >= 4 is 11.9 Å². The van der Waals surface area contributed by atoms with Gasteiger partial charge in [-0.2, -0.15) is 0 Å². The molecule has 1 fully saturated rings. The number of carboxylic acid groups (broad SMARTS) is 1. The minimum Gasteiger partial charge on any atom is -0.481 e. The van der Waals surface area contributed by atoms with Crippen molar-refractivity contribution in [3.63, 3.8) is 0 Å². The molecule has 2 aliphatic carbocycles. The molecule has 1 amide bonds. The highest BCUT2D eigenvalue weighted by Gasteiger charge is 2.51. The molecule has 4 atom stereocenters. The van der Waals surface area contributed by atoms with E-state index in [4.69, 9.17) is 0 Å². The summed E-state index contributed by atoms with van der Waals surface area (Å²) in [4.78, 5) is 24.4. The predicted octanol–water partition coefficient (Wildman–Crippen LogP) is 3.85. The van der Waals surface area contributed by atoms with Crippen molar-refractivity contribution in [2.75, 3.05) is 6.54 Å². The Labute approximate surface area is 165 Å². The van der Waals surface area contributed by atoms with Gasteiger partial charge in [0.1, 0.15) is 0 Å². The van der Waals surface area contributed by atoms with Crippen LogP contribution in [0.3, 0.4) is 0 Å². The molecular weight excluding hydrogens is 350 g/mol. The van der Waals surface area contributed by atoms with E-state index < -0.39 is 17.8 Å². The molecular formula is C24H25NO3. The summed E-state index contributed by atoms with van der Waals surface area (Å²) in [6.45, 7) is 0.525. The molecule has 1 saturated carbocycles. The number of aliphatic carboxylic acids is 1. The van der Waals surface area contributed by atoms with Crippen LogP contribution in [0.5, 0.6) is 0 Å². The Balaban J connectivity index is 1.43. The van der Waals surface area contributed by atoms with Crippen LogP contribution in [0.4, 0.5) is 0 Å². The number of hydrogen-bond acceptors (Lipinski definition) is 2. The van der Waals surface area contributed by atoms with Gasteiger partial charge >= 0.3 is 5.97 Å². The fourth-order valence-electron chi connectivity index (χ4n) is 4.87. The molecule has 4 rings (SSSR count). The zero-order valence-corrected chi connectivity index (χ0v) is 15.7. The molecule has 2 N–H and O–H groups in total. The van der Waals surface area contributed by atoms with Crippen molar-refractivity contribution in [3.05, 3.63) is 83.9 Å². The van der Waals surface area contributed by atoms with Crippen LogP contribution in [0, 0.1) is 23.7 Å².